The van der Waals surface area contributed by atoms with Gasteiger partial charge in [0, 0.05) is 31.7 Å². The molecular weight excluding hydrogens is 172 g/mol. The molecule has 2 heteroatoms. The summed E-state index contributed by atoms with van der Waals surface area (Å²) in [4.78, 5) is 2.66. The van der Waals surface area contributed by atoms with E-state index < -0.39 is 0 Å². The SMILES string of the molecule is CC(C)CN1CC(C)NCC1C(C)C. The van der Waals surface area contributed by atoms with Crippen molar-refractivity contribution >= 4 is 0 Å². The fourth-order valence-electron chi connectivity index (χ4n) is 2.34. The second-order valence-corrected chi connectivity index (χ2v) is 5.47. The van der Waals surface area contributed by atoms with Crippen LogP contribution in [0, 0.1) is 11.8 Å². The van der Waals surface area contributed by atoms with Crippen LogP contribution in [-0.4, -0.2) is 36.6 Å². The molecule has 0 aromatic rings. The van der Waals surface area contributed by atoms with E-state index in [-0.39, 0.29) is 0 Å². The van der Waals surface area contributed by atoms with E-state index in [9.17, 15) is 0 Å². The Hall–Kier alpha value is -0.0800. The van der Waals surface area contributed by atoms with E-state index in [2.05, 4.69) is 44.8 Å². The van der Waals surface area contributed by atoms with Gasteiger partial charge >= 0.3 is 0 Å². The third-order valence-corrected chi connectivity index (χ3v) is 3.02. The van der Waals surface area contributed by atoms with Crippen LogP contribution in [0.4, 0.5) is 0 Å². The van der Waals surface area contributed by atoms with E-state index in [0.717, 1.165) is 24.4 Å². The first kappa shape index (κ1) is 12.0. The van der Waals surface area contributed by atoms with Gasteiger partial charge in [-0.2, -0.15) is 0 Å². The Morgan fingerprint density at radius 2 is 1.93 bits per heavy atom. The van der Waals surface area contributed by atoms with Crippen LogP contribution in [0.3, 0.4) is 0 Å². The zero-order valence-electron chi connectivity index (χ0n) is 10.4. The number of nitrogens with one attached hydrogen (secondary N) is 1. The molecule has 0 bridgehead atoms. The predicted molar refractivity (Wildman–Crippen MR) is 62.5 cm³/mol. The Kier molecular flexibility index (Phi) is 4.39. The van der Waals surface area contributed by atoms with E-state index in [1.807, 2.05) is 0 Å². The van der Waals surface area contributed by atoms with E-state index in [4.69, 9.17) is 0 Å². The van der Waals surface area contributed by atoms with Crippen molar-refractivity contribution in [1.29, 1.82) is 0 Å². The van der Waals surface area contributed by atoms with Gasteiger partial charge in [0.25, 0.3) is 0 Å². The maximum atomic E-state index is 3.57. The topological polar surface area (TPSA) is 15.3 Å². The highest BCUT2D eigenvalue weighted by atomic mass is 15.2. The van der Waals surface area contributed by atoms with Gasteiger partial charge in [0.1, 0.15) is 0 Å². The maximum Gasteiger partial charge on any atom is 0.0244 e. The maximum absolute atomic E-state index is 3.57. The van der Waals surface area contributed by atoms with Crippen LogP contribution in [0.5, 0.6) is 0 Å². The third-order valence-electron chi connectivity index (χ3n) is 3.02. The molecule has 0 spiro atoms. The van der Waals surface area contributed by atoms with Gasteiger partial charge in [0.2, 0.25) is 0 Å². The molecule has 1 N–H and O–H groups in total. The largest absolute Gasteiger partial charge is 0.311 e. The van der Waals surface area contributed by atoms with Crippen molar-refractivity contribution in [3.63, 3.8) is 0 Å². The molecule has 14 heavy (non-hydrogen) atoms. The first-order valence-electron chi connectivity index (χ1n) is 5.98. The van der Waals surface area contributed by atoms with Crippen LogP contribution in [0.25, 0.3) is 0 Å². The predicted octanol–water partition coefficient (Wildman–Crippen LogP) is 1.96. The summed E-state index contributed by atoms with van der Waals surface area (Å²) in [6.07, 6.45) is 0. The Labute approximate surface area is 89.1 Å². The molecule has 0 radical (unpaired) electrons. The van der Waals surface area contributed by atoms with Gasteiger partial charge in [-0.05, 0) is 18.8 Å². The number of hydrogen-bond donors (Lipinski definition) is 1. The molecule has 1 heterocycles. The summed E-state index contributed by atoms with van der Waals surface area (Å²) >= 11 is 0. The van der Waals surface area contributed by atoms with Gasteiger partial charge in [-0.25, -0.2) is 0 Å². The molecule has 0 aromatic carbocycles. The van der Waals surface area contributed by atoms with Gasteiger partial charge in [-0.3, -0.25) is 4.90 Å². The Morgan fingerprint density at radius 1 is 1.29 bits per heavy atom. The second-order valence-electron chi connectivity index (χ2n) is 5.47. The standard InChI is InChI=1S/C12H26N2/c1-9(2)7-14-8-11(5)13-6-12(14)10(3)4/h9-13H,6-8H2,1-5H3. The first-order valence-corrected chi connectivity index (χ1v) is 5.98. The average molecular weight is 198 g/mol. The minimum atomic E-state index is 0.656. The monoisotopic (exact) mass is 198 g/mol. The second kappa shape index (κ2) is 5.13. The van der Waals surface area contributed by atoms with Crippen LogP contribution >= 0.6 is 0 Å². The molecule has 1 fully saturated rings. The molecule has 1 aliphatic rings. The lowest BCUT2D eigenvalue weighted by molar-refractivity contribution is 0.0907. The van der Waals surface area contributed by atoms with Crippen LogP contribution in [0.2, 0.25) is 0 Å². The number of piperazine rings is 1. The Bertz CT molecular complexity index is 164. The van der Waals surface area contributed by atoms with Crippen molar-refractivity contribution in [3.05, 3.63) is 0 Å². The molecule has 2 atom stereocenters. The molecule has 1 rings (SSSR count). The lowest BCUT2D eigenvalue weighted by Crippen LogP contribution is -2.57. The van der Waals surface area contributed by atoms with Crippen LogP contribution in [-0.2, 0) is 0 Å². The van der Waals surface area contributed by atoms with Crippen molar-refractivity contribution in [3.8, 4) is 0 Å². The minimum absolute atomic E-state index is 0.656. The molecule has 0 aliphatic carbocycles. The molecular formula is C12H26N2. The molecule has 0 aromatic heterocycles. The third kappa shape index (κ3) is 3.25. The summed E-state index contributed by atoms with van der Waals surface area (Å²) in [5, 5.41) is 3.57. The highest BCUT2D eigenvalue weighted by Crippen LogP contribution is 2.16. The fourth-order valence-corrected chi connectivity index (χ4v) is 2.34. The summed E-state index contributed by atoms with van der Waals surface area (Å²) in [7, 11) is 0. The zero-order chi connectivity index (χ0) is 10.7. The molecule has 84 valence electrons. The molecule has 0 saturated carbocycles. The first-order chi connectivity index (χ1) is 6.50. The molecule has 1 saturated heterocycles. The van der Waals surface area contributed by atoms with Crippen LogP contribution in [0.15, 0.2) is 0 Å². The van der Waals surface area contributed by atoms with Gasteiger partial charge in [0.05, 0.1) is 0 Å². The van der Waals surface area contributed by atoms with Crippen LogP contribution < -0.4 is 5.32 Å². The number of nitrogens with zero attached hydrogens (tertiary/aromatic N) is 1. The molecule has 1 aliphatic heterocycles. The summed E-state index contributed by atoms with van der Waals surface area (Å²) in [5.41, 5.74) is 0. The van der Waals surface area contributed by atoms with Gasteiger partial charge in [0.15, 0.2) is 0 Å². The molecule has 2 unspecified atom stereocenters. The Balaban J connectivity index is 2.54. The van der Waals surface area contributed by atoms with Crippen LogP contribution in [0.1, 0.15) is 34.6 Å². The fraction of sp³-hybridized carbons (Fsp3) is 1.00. The highest BCUT2D eigenvalue weighted by molar-refractivity contribution is 4.86. The zero-order valence-corrected chi connectivity index (χ0v) is 10.4. The van der Waals surface area contributed by atoms with Crippen molar-refractivity contribution in [2.45, 2.75) is 46.7 Å². The van der Waals surface area contributed by atoms with Gasteiger partial charge < -0.3 is 5.32 Å². The Morgan fingerprint density at radius 3 is 2.43 bits per heavy atom. The number of hydrogen-bond acceptors (Lipinski definition) is 2. The van der Waals surface area contributed by atoms with Crippen molar-refractivity contribution in [2.24, 2.45) is 11.8 Å². The van der Waals surface area contributed by atoms with Crippen molar-refractivity contribution in [1.82, 2.24) is 10.2 Å². The van der Waals surface area contributed by atoms with Gasteiger partial charge in [-0.1, -0.05) is 27.7 Å². The van der Waals surface area contributed by atoms with Gasteiger partial charge in [-0.15, -0.1) is 0 Å². The lowest BCUT2D eigenvalue weighted by Gasteiger charge is -2.42. The van der Waals surface area contributed by atoms with E-state index >= 15 is 0 Å². The number of rotatable bonds is 3. The van der Waals surface area contributed by atoms with E-state index in [1.54, 1.807) is 0 Å². The summed E-state index contributed by atoms with van der Waals surface area (Å²) in [5.74, 6) is 1.54. The molecule has 0 amide bonds. The summed E-state index contributed by atoms with van der Waals surface area (Å²) < 4.78 is 0. The van der Waals surface area contributed by atoms with E-state index in [0.29, 0.717) is 6.04 Å². The molecule has 2 nitrogen and oxygen atoms in total. The van der Waals surface area contributed by atoms with E-state index in [1.165, 1.54) is 13.1 Å². The summed E-state index contributed by atoms with van der Waals surface area (Å²) in [6.45, 7) is 15.2. The smallest absolute Gasteiger partial charge is 0.0244 e. The van der Waals surface area contributed by atoms with Crippen molar-refractivity contribution in [2.75, 3.05) is 19.6 Å². The summed E-state index contributed by atoms with van der Waals surface area (Å²) in [6, 6.07) is 1.39. The normalized spacial score (nSPS) is 30.2. The highest BCUT2D eigenvalue weighted by Gasteiger charge is 2.27. The van der Waals surface area contributed by atoms with Crippen molar-refractivity contribution < 1.29 is 0 Å². The quantitative estimate of drug-likeness (QED) is 0.746. The lowest BCUT2D eigenvalue weighted by atomic mass is 9.97. The minimum Gasteiger partial charge on any atom is -0.311 e. The average Bonchev–Trinajstić information content (AvgIpc) is 2.01.